The van der Waals surface area contributed by atoms with Gasteiger partial charge in [0.25, 0.3) is 11.8 Å². The van der Waals surface area contributed by atoms with E-state index in [1.54, 1.807) is 48.5 Å². The molecule has 0 saturated heterocycles. The van der Waals surface area contributed by atoms with E-state index in [0.717, 1.165) is 12.4 Å². The zero-order valence-corrected chi connectivity index (χ0v) is 34.3. The largest absolute Gasteiger partial charge is 0.417 e. The topological polar surface area (TPSA) is 162 Å². The Morgan fingerprint density at radius 2 is 1.21 bits per heavy atom. The minimum atomic E-state index is -4.76. The summed E-state index contributed by atoms with van der Waals surface area (Å²) in [7, 11) is 0. The van der Waals surface area contributed by atoms with Crippen molar-refractivity contribution in [1.29, 1.82) is 0 Å². The van der Waals surface area contributed by atoms with Crippen LogP contribution >= 0.6 is 55.1 Å². The molecule has 10 nitrogen and oxygen atoms in total. The molecule has 2 aliphatic carbocycles. The molecule has 0 bridgehead atoms. The van der Waals surface area contributed by atoms with Crippen LogP contribution in [0, 0.1) is 0 Å². The zero-order chi connectivity index (χ0) is 42.8. The summed E-state index contributed by atoms with van der Waals surface area (Å²) in [6.07, 6.45) is -7.95. The molecule has 6 rings (SSSR count). The Morgan fingerprint density at radius 3 is 1.57 bits per heavy atom. The van der Waals surface area contributed by atoms with Gasteiger partial charge in [0.2, 0.25) is 0 Å². The first-order valence-corrected chi connectivity index (χ1v) is 19.6. The predicted molar refractivity (Wildman–Crippen MR) is 206 cm³/mol. The highest BCUT2D eigenvalue weighted by molar-refractivity contribution is 9.10. The number of alkyl halides is 6. The van der Waals surface area contributed by atoms with Crippen molar-refractivity contribution in [1.82, 2.24) is 20.6 Å². The number of Topliss-reactive ketones (excluding diaryl/α,β-unsaturated/α-hetero) is 1. The Bertz CT molecular complexity index is 2200. The number of rotatable bonds is 8. The third kappa shape index (κ3) is 10.6. The molecule has 310 valence electrons. The molecule has 0 spiro atoms. The number of hydrogen-bond donors (Lipinski definition) is 5. The van der Waals surface area contributed by atoms with Crippen molar-refractivity contribution in [3.63, 3.8) is 0 Å². The molecule has 5 N–H and O–H groups in total. The number of benzene rings is 2. The molecule has 2 aliphatic rings. The lowest BCUT2D eigenvalue weighted by atomic mass is 9.86. The standard InChI is InChI=1S/C19H17BrClF3N2O3.C19H15BrClF3N2O3/c2*20-11-3-1-2-10(8-11)16(18(29)6-4-12(27)9-18)26-17(28)15-14(21)13(5-7-25-15)19(22,23)24/h1-3,5,7-8,12,16,27,29H,4,6,9H2,(H,26,28);1-3,5,7-8,16,29H,4,6,9H2,(H,26,28). The maximum Gasteiger partial charge on any atom is 0.417 e. The fourth-order valence-corrected chi connectivity index (χ4v) is 8.32. The van der Waals surface area contributed by atoms with Gasteiger partial charge < -0.3 is 26.0 Å². The minimum absolute atomic E-state index is 0.00815. The Hall–Kier alpha value is -3.65. The average Bonchev–Trinajstić information content (AvgIpc) is 3.68. The van der Waals surface area contributed by atoms with E-state index in [2.05, 4.69) is 52.5 Å². The lowest BCUT2D eigenvalue weighted by Gasteiger charge is -2.34. The monoisotopic (exact) mass is 982 g/mol. The van der Waals surface area contributed by atoms with Crippen LogP contribution in [0.15, 0.2) is 82.0 Å². The molecule has 2 heterocycles. The van der Waals surface area contributed by atoms with Gasteiger partial charge in [-0.15, -0.1) is 0 Å². The predicted octanol–water partition coefficient (Wildman–Crippen LogP) is 8.73. The van der Waals surface area contributed by atoms with Crippen LogP contribution in [0.1, 0.15) is 93.8 Å². The third-order valence-corrected chi connectivity index (χ3v) is 11.4. The highest BCUT2D eigenvalue weighted by Gasteiger charge is 2.47. The van der Waals surface area contributed by atoms with Crippen LogP contribution in [0.2, 0.25) is 10.0 Å². The van der Waals surface area contributed by atoms with E-state index < -0.39 is 86.1 Å². The maximum absolute atomic E-state index is 13.1. The van der Waals surface area contributed by atoms with Gasteiger partial charge in [-0.1, -0.05) is 79.3 Å². The summed E-state index contributed by atoms with van der Waals surface area (Å²) in [5.74, 6) is -2.11. The number of aromatic nitrogens is 2. The van der Waals surface area contributed by atoms with Gasteiger partial charge in [0.05, 0.1) is 50.6 Å². The van der Waals surface area contributed by atoms with Crippen molar-refractivity contribution < 1.29 is 56.0 Å². The fourth-order valence-electron chi connectivity index (χ4n) is 6.88. The zero-order valence-electron chi connectivity index (χ0n) is 29.6. The van der Waals surface area contributed by atoms with Gasteiger partial charge in [-0.2, -0.15) is 26.3 Å². The first-order chi connectivity index (χ1) is 27.0. The van der Waals surface area contributed by atoms with E-state index in [9.17, 15) is 56.0 Å². The van der Waals surface area contributed by atoms with E-state index in [1.807, 2.05) is 0 Å². The minimum Gasteiger partial charge on any atom is -0.393 e. The smallest absolute Gasteiger partial charge is 0.393 e. The number of hydrogen-bond acceptors (Lipinski definition) is 8. The first kappa shape index (κ1) is 45.4. The third-order valence-electron chi connectivity index (χ3n) is 9.65. The number of pyridine rings is 2. The Morgan fingerprint density at radius 1 is 0.759 bits per heavy atom. The number of aliphatic hydroxyl groups excluding tert-OH is 1. The molecule has 2 fully saturated rings. The summed E-state index contributed by atoms with van der Waals surface area (Å²) in [6.45, 7) is 0. The normalized spacial score (nSPS) is 21.8. The number of halogens is 10. The summed E-state index contributed by atoms with van der Waals surface area (Å²) in [5, 5.41) is 35.5. The molecule has 20 heteroatoms. The van der Waals surface area contributed by atoms with E-state index in [0.29, 0.717) is 38.6 Å². The molecular formula is C38H32Br2Cl2F6N4O6. The molecule has 2 saturated carbocycles. The summed E-state index contributed by atoms with van der Waals surface area (Å²) in [6, 6.07) is 12.8. The second-order valence-electron chi connectivity index (χ2n) is 13.8. The molecule has 58 heavy (non-hydrogen) atoms. The van der Waals surface area contributed by atoms with Crippen molar-refractivity contribution in [3.05, 3.63) is 126 Å². The highest BCUT2D eigenvalue weighted by Crippen LogP contribution is 2.43. The Labute approximate surface area is 353 Å². The molecule has 2 aromatic carbocycles. The van der Waals surface area contributed by atoms with Gasteiger partial charge in [-0.3, -0.25) is 14.4 Å². The summed E-state index contributed by atoms with van der Waals surface area (Å²) < 4.78 is 79.9. The molecular weight excluding hydrogens is 953 g/mol. The van der Waals surface area contributed by atoms with Crippen LogP contribution in [-0.4, -0.2) is 60.2 Å². The van der Waals surface area contributed by atoms with Crippen LogP contribution < -0.4 is 10.6 Å². The van der Waals surface area contributed by atoms with Crippen LogP contribution in [0.4, 0.5) is 26.3 Å². The van der Waals surface area contributed by atoms with Crippen molar-refractivity contribution in [2.24, 2.45) is 0 Å². The number of ketones is 1. The molecule has 5 unspecified atom stereocenters. The molecule has 5 atom stereocenters. The number of carbonyl (C=O) groups excluding carboxylic acids is 3. The van der Waals surface area contributed by atoms with Gasteiger partial charge in [0.1, 0.15) is 17.2 Å². The average molecular weight is 985 g/mol. The van der Waals surface area contributed by atoms with E-state index in [4.69, 9.17) is 23.2 Å². The van der Waals surface area contributed by atoms with Crippen LogP contribution in [-0.2, 0) is 17.1 Å². The lowest BCUT2D eigenvalue weighted by Crippen LogP contribution is -2.45. The summed E-state index contributed by atoms with van der Waals surface area (Å²) in [4.78, 5) is 44.7. The van der Waals surface area contributed by atoms with Gasteiger partial charge in [-0.05, 0) is 66.8 Å². The van der Waals surface area contributed by atoms with Gasteiger partial charge in [0.15, 0.2) is 0 Å². The summed E-state index contributed by atoms with van der Waals surface area (Å²) >= 11 is 18.2. The van der Waals surface area contributed by atoms with E-state index in [1.165, 1.54) is 0 Å². The molecule has 2 aromatic heterocycles. The quantitative estimate of drug-likeness (QED) is 0.110. The Balaban J connectivity index is 0.000000221. The van der Waals surface area contributed by atoms with Crippen molar-refractivity contribution in [3.8, 4) is 0 Å². The summed E-state index contributed by atoms with van der Waals surface area (Å²) in [5.41, 5.74) is -5.63. The number of amides is 2. The lowest BCUT2D eigenvalue weighted by molar-refractivity contribution is -0.138. The van der Waals surface area contributed by atoms with Gasteiger partial charge >= 0.3 is 12.4 Å². The first-order valence-electron chi connectivity index (χ1n) is 17.2. The SMILES string of the molecule is O=C(NC(c1cccc(Br)c1)C1(O)CCC(O)C1)c1nccc(C(F)(F)F)c1Cl.O=C1CCC(O)(C(NC(=O)c2nccc(C(F)(F)F)c2Cl)c2cccc(Br)c2)C1. The molecule has 0 radical (unpaired) electrons. The number of nitrogens with zero attached hydrogens (tertiary/aromatic N) is 2. The van der Waals surface area contributed by atoms with Gasteiger partial charge in [-0.25, -0.2) is 9.97 Å². The van der Waals surface area contributed by atoms with Gasteiger partial charge in [0, 0.05) is 40.6 Å². The van der Waals surface area contributed by atoms with E-state index in [-0.39, 0.29) is 37.9 Å². The second kappa shape index (κ2) is 17.9. The highest BCUT2D eigenvalue weighted by atomic mass is 79.9. The fraction of sp³-hybridized carbons (Fsp3) is 0.342. The maximum atomic E-state index is 13.1. The molecule has 2 amide bonds. The van der Waals surface area contributed by atoms with Crippen molar-refractivity contribution in [2.75, 3.05) is 0 Å². The molecule has 4 aromatic rings. The van der Waals surface area contributed by atoms with E-state index >= 15 is 0 Å². The van der Waals surface area contributed by atoms with Crippen molar-refractivity contribution >= 4 is 72.7 Å². The molecule has 0 aliphatic heterocycles. The number of aliphatic hydroxyl groups is 3. The number of carbonyl (C=O) groups is 3. The van der Waals surface area contributed by atoms with Crippen LogP contribution in [0.3, 0.4) is 0 Å². The van der Waals surface area contributed by atoms with Crippen LogP contribution in [0.25, 0.3) is 0 Å². The van der Waals surface area contributed by atoms with Crippen molar-refractivity contribution in [2.45, 2.75) is 80.3 Å². The second-order valence-corrected chi connectivity index (χ2v) is 16.4. The van der Waals surface area contributed by atoms with Crippen LogP contribution in [0.5, 0.6) is 0 Å². The number of nitrogens with one attached hydrogen (secondary N) is 2. The Kier molecular flexibility index (Phi) is 14.0.